The van der Waals surface area contributed by atoms with Crippen molar-refractivity contribution in [3.8, 4) is 0 Å². The number of fused-ring (bicyclic) bond motifs is 1. The SMILES string of the molecule is Cc1ccc2cnn(CC(=O)N[C@@H]3CCC[C@H](C)[C@H]3C)c2c1. The standard InChI is InChI=1S/C18H25N3O/c1-12-7-8-15-10-19-21(17(15)9-12)11-18(22)20-16-6-4-5-13(2)14(16)3/h7-10,13-14,16H,4-6,11H2,1-3H3,(H,20,22)/t13-,14+,16+/m0/s1. The summed E-state index contributed by atoms with van der Waals surface area (Å²) in [5, 5.41) is 8.66. The van der Waals surface area contributed by atoms with Gasteiger partial charge in [-0.05, 0) is 36.8 Å². The molecule has 1 amide bonds. The Labute approximate surface area is 131 Å². The van der Waals surface area contributed by atoms with Crippen molar-refractivity contribution in [3.63, 3.8) is 0 Å². The first-order valence-electron chi connectivity index (χ1n) is 8.26. The molecule has 1 aliphatic carbocycles. The highest BCUT2D eigenvalue weighted by Crippen LogP contribution is 2.29. The fraction of sp³-hybridized carbons (Fsp3) is 0.556. The highest BCUT2D eigenvalue weighted by atomic mass is 16.2. The third-order valence-corrected chi connectivity index (χ3v) is 5.15. The van der Waals surface area contributed by atoms with Crippen molar-refractivity contribution in [3.05, 3.63) is 30.0 Å². The van der Waals surface area contributed by atoms with Crippen LogP contribution in [0.15, 0.2) is 24.4 Å². The molecule has 1 aliphatic rings. The fourth-order valence-corrected chi connectivity index (χ4v) is 3.48. The average Bonchev–Trinajstić information content (AvgIpc) is 2.86. The molecule has 1 saturated carbocycles. The van der Waals surface area contributed by atoms with Gasteiger partial charge in [-0.2, -0.15) is 5.10 Å². The Balaban J connectivity index is 1.69. The van der Waals surface area contributed by atoms with E-state index in [-0.39, 0.29) is 5.91 Å². The van der Waals surface area contributed by atoms with Crippen LogP contribution in [0.25, 0.3) is 10.9 Å². The first-order valence-corrected chi connectivity index (χ1v) is 8.26. The normalized spacial score (nSPS) is 25.3. The molecule has 4 nitrogen and oxygen atoms in total. The predicted octanol–water partition coefficient (Wildman–Crippen LogP) is 3.29. The molecule has 0 bridgehead atoms. The number of hydrogen-bond donors (Lipinski definition) is 1. The van der Waals surface area contributed by atoms with Gasteiger partial charge in [-0.3, -0.25) is 9.48 Å². The number of aryl methyl sites for hydroxylation is 1. The maximum atomic E-state index is 12.4. The third-order valence-electron chi connectivity index (χ3n) is 5.15. The average molecular weight is 299 g/mol. The van der Waals surface area contributed by atoms with Crippen molar-refractivity contribution in [2.75, 3.05) is 0 Å². The molecule has 1 heterocycles. The van der Waals surface area contributed by atoms with Crippen LogP contribution >= 0.6 is 0 Å². The first-order chi connectivity index (χ1) is 10.5. The van der Waals surface area contributed by atoms with Gasteiger partial charge in [0.1, 0.15) is 6.54 Å². The fourth-order valence-electron chi connectivity index (χ4n) is 3.48. The van der Waals surface area contributed by atoms with Crippen LogP contribution in [0.5, 0.6) is 0 Å². The van der Waals surface area contributed by atoms with Gasteiger partial charge in [-0.15, -0.1) is 0 Å². The lowest BCUT2D eigenvalue weighted by Crippen LogP contribution is -2.44. The summed E-state index contributed by atoms with van der Waals surface area (Å²) in [4.78, 5) is 12.4. The third kappa shape index (κ3) is 3.01. The molecule has 3 atom stereocenters. The van der Waals surface area contributed by atoms with Gasteiger partial charge < -0.3 is 5.32 Å². The molecule has 118 valence electrons. The largest absolute Gasteiger partial charge is 0.351 e. The number of nitrogens with zero attached hydrogens (tertiary/aromatic N) is 2. The predicted molar refractivity (Wildman–Crippen MR) is 88.6 cm³/mol. The van der Waals surface area contributed by atoms with Crippen molar-refractivity contribution >= 4 is 16.8 Å². The summed E-state index contributed by atoms with van der Waals surface area (Å²) in [6, 6.07) is 6.51. The zero-order valence-electron chi connectivity index (χ0n) is 13.7. The van der Waals surface area contributed by atoms with E-state index in [1.54, 1.807) is 4.68 Å². The lowest BCUT2D eigenvalue weighted by molar-refractivity contribution is -0.123. The second-order valence-corrected chi connectivity index (χ2v) is 6.81. The highest BCUT2D eigenvalue weighted by Gasteiger charge is 2.28. The summed E-state index contributed by atoms with van der Waals surface area (Å²) in [6.45, 7) is 6.89. The molecule has 4 heteroatoms. The first kappa shape index (κ1) is 15.1. The van der Waals surface area contributed by atoms with Gasteiger partial charge >= 0.3 is 0 Å². The van der Waals surface area contributed by atoms with Gasteiger partial charge in [0, 0.05) is 11.4 Å². The Kier molecular flexibility index (Phi) is 4.19. The van der Waals surface area contributed by atoms with E-state index in [4.69, 9.17) is 0 Å². The van der Waals surface area contributed by atoms with Crippen LogP contribution in [0.3, 0.4) is 0 Å². The molecule has 0 saturated heterocycles. The van der Waals surface area contributed by atoms with Gasteiger partial charge in [-0.25, -0.2) is 0 Å². The topological polar surface area (TPSA) is 46.9 Å². The summed E-state index contributed by atoms with van der Waals surface area (Å²) in [5.74, 6) is 1.30. The number of nitrogens with one attached hydrogen (secondary N) is 1. The van der Waals surface area contributed by atoms with E-state index < -0.39 is 0 Å². The number of hydrogen-bond acceptors (Lipinski definition) is 2. The number of carbonyl (C=O) groups is 1. The second kappa shape index (κ2) is 6.11. The molecule has 0 radical (unpaired) electrons. The van der Waals surface area contributed by atoms with Gasteiger partial charge in [0.25, 0.3) is 0 Å². The molecule has 3 rings (SSSR count). The van der Waals surface area contributed by atoms with Crippen molar-refractivity contribution in [2.45, 2.75) is 52.6 Å². The Hall–Kier alpha value is -1.84. The molecular formula is C18H25N3O. The monoisotopic (exact) mass is 299 g/mol. The molecule has 2 aromatic rings. The highest BCUT2D eigenvalue weighted by molar-refractivity contribution is 5.82. The van der Waals surface area contributed by atoms with Crippen LogP contribution in [0.2, 0.25) is 0 Å². The van der Waals surface area contributed by atoms with Gasteiger partial charge in [0.2, 0.25) is 5.91 Å². The van der Waals surface area contributed by atoms with E-state index in [9.17, 15) is 4.79 Å². The zero-order chi connectivity index (χ0) is 15.7. The van der Waals surface area contributed by atoms with E-state index in [0.29, 0.717) is 24.4 Å². The summed E-state index contributed by atoms with van der Waals surface area (Å²) in [5.41, 5.74) is 2.21. The van der Waals surface area contributed by atoms with Crippen LogP contribution in [0.1, 0.15) is 38.7 Å². The van der Waals surface area contributed by atoms with Crippen molar-refractivity contribution in [2.24, 2.45) is 11.8 Å². The molecule has 0 aliphatic heterocycles. The van der Waals surface area contributed by atoms with E-state index in [0.717, 1.165) is 17.3 Å². The quantitative estimate of drug-likeness (QED) is 0.945. The molecule has 1 fully saturated rings. The molecule has 22 heavy (non-hydrogen) atoms. The molecule has 1 aromatic carbocycles. The van der Waals surface area contributed by atoms with Crippen LogP contribution in [-0.4, -0.2) is 21.7 Å². The smallest absolute Gasteiger partial charge is 0.241 e. The van der Waals surface area contributed by atoms with Gasteiger partial charge in [0.15, 0.2) is 0 Å². The summed E-state index contributed by atoms with van der Waals surface area (Å²) >= 11 is 0. The van der Waals surface area contributed by atoms with E-state index in [2.05, 4.69) is 49.4 Å². The Morgan fingerprint density at radius 1 is 1.36 bits per heavy atom. The molecule has 0 spiro atoms. The minimum absolute atomic E-state index is 0.0671. The molecule has 1 N–H and O–H groups in total. The lowest BCUT2D eigenvalue weighted by atomic mass is 9.78. The Bertz CT molecular complexity index is 676. The molecular weight excluding hydrogens is 274 g/mol. The summed E-state index contributed by atoms with van der Waals surface area (Å²) < 4.78 is 1.80. The number of amides is 1. The second-order valence-electron chi connectivity index (χ2n) is 6.81. The minimum atomic E-state index is 0.0671. The molecule has 1 aromatic heterocycles. The zero-order valence-corrected chi connectivity index (χ0v) is 13.7. The van der Waals surface area contributed by atoms with Gasteiger partial charge in [-0.1, -0.05) is 38.8 Å². The lowest BCUT2D eigenvalue weighted by Gasteiger charge is -2.34. The number of carbonyl (C=O) groups excluding carboxylic acids is 1. The van der Waals surface area contributed by atoms with Crippen LogP contribution in [0, 0.1) is 18.8 Å². The van der Waals surface area contributed by atoms with E-state index in [1.165, 1.54) is 18.4 Å². The maximum absolute atomic E-state index is 12.4. The van der Waals surface area contributed by atoms with E-state index >= 15 is 0 Å². The molecule has 0 unspecified atom stereocenters. The van der Waals surface area contributed by atoms with Crippen molar-refractivity contribution in [1.29, 1.82) is 0 Å². The summed E-state index contributed by atoms with van der Waals surface area (Å²) in [6.07, 6.45) is 5.40. The van der Waals surface area contributed by atoms with Crippen molar-refractivity contribution < 1.29 is 4.79 Å². The van der Waals surface area contributed by atoms with Crippen LogP contribution in [0.4, 0.5) is 0 Å². The summed E-state index contributed by atoms with van der Waals surface area (Å²) in [7, 11) is 0. The number of rotatable bonds is 3. The van der Waals surface area contributed by atoms with Crippen molar-refractivity contribution in [1.82, 2.24) is 15.1 Å². The maximum Gasteiger partial charge on any atom is 0.241 e. The Morgan fingerprint density at radius 2 is 2.18 bits per heavy atom. The number of aromatic nitrogens is 2. The minimum Gasteiger partial charge on any atom is -0.351 e. The number of benzene rings is 1. The van der Waals surface area contributed by atoms with Gasteiger partial charge in [0.05, 0.1) is 11.7 Å². The van der Waals surface area contributed by atoms with Crippen LogP contribution in [-0.2, 0) is 11.3 Å². The van der Waals surface area contributed by atoms with E-state index in [1.807, 2.05) is 6.20 Å². The van der Waals surface area contributed by atoms with Crippen LogP contribution < -0.4 is 5.32 Å². The Morgan fingerprint density at radius 3 is 3.00 bits per heavy atom.